The minimum Gasteiger partial charge on any atom is -0.394 e. The van der Waals surface area contributed by atoms with Crippen LogP contribution in [0.2, 0.25) is 0 Å². The molecule has 0 aromatic carbocycles. The molecule has 0 aromatic rings. The Morgan fingerprint density at radius 1 is 0.652 bits per heavy atom. The molecule has 11 nitrogen and oxygen atoms in total. The monoisotopic (exact) mass is 343 g/mol. The molecule has 2 aliphatic rings. The number of aliphatic hydroxyl groups excluding tert-OH is 8. The van der Waals surface area contributed by atoms with Gasteiger partial charge in [-0.25, -0.2) is 0 Å². The van der Waals surface area contributed by atoms with Crippen molar-refractivity contribution < 1.29 is 55.1 Å². The predicted molar refractivity (Wildman–Crippen MR) is 68.6 cm³/mol. The Morgan fingerprint density at radius 2 is 1.26 bits per heavy atom. The van der Waals surface area contributed by atoms with Crippen molar-refractivity contribution in [2.24, 2.45) is 0 Å². The minimum atomic E-state index is -1.74. The van der Waals surface area contributed by atoms with Gasteiger partial charge in [0.05, 0.1) is 13.2 Å². The normalized spacial score (nSPS) is 51.7. The predicted octanol–water partition coefficient (Wildman–Crippen LogP) is -5.40. The molecule has 11 heteroatoms. The molecule has 0 spiro atoms. The van der Waals surface area contributed by atoms with Crippen molar-refractivity contribution in [3.63, 3.8) is 0 Å². The van der Waals surface area contributed by atoms with Crippen molar-refractivity contribution in [2.75, 3.05) is 13.2 Å². The molecule has 23 heavy (non-hydrogen) atoms. The first-order chi connectivity index (χ1) is 10.8. The van der Waals surface area contributed by atoms with E-state index >= 15 is 0 Å². The van der Waals surface area contributed by atoms with E-state index in [1.54, 1.807) is 0 Å². The van der Waals surface area contributed by atoms with Crippen molar-refractivity contribution >= 4 is 0 Å². The summed E-state index contributed by atoms with van der Waals surface area (Å²) >= 11 is 0. The highest BCUT2D eigenvalue weighted by Gasteiger charge is 2.50. The van der Waals surface area contributed by atoms with Gasteiger partial charge in [0.15, 0.2) is 12.6 Å². The standard InChI is InChI=1S/C12H22O11/c13-1-3-5(15)6(16)9(19)12(22-3)23-10-4(2-14)21-11(20)8(18)7(10)17/h3-20H,1-2H2/t3-,4-,5+,6+,7-,8-,9-,10-,11+,12+/m1/s1/i1+1. The maximum Gasteiger partial charge on any atom is 0.187 e. The number of hydrogen-bond acceptors (Lipinski definition) is 11. The molecule has 2 fully saturated rings. The molecule has 0 radical (unpaired) electrons. The molecule has 0 amide bonds. The second kappa shape index (κ2) is 7.63. The fourth-order valence-corrected chi connectivity index (χ4v) is 2.57. The Bertz CT molecular complexity index is 378. The lowest BCUT2D eigenvalue weighted by Gasteiger charge is -2.45. The van der Waals surface area contributed by atoms with Crippen LogP contribution < -0.4 is 0 Å². The van der Waals surface area contributed by atoms with Crippen molar-refractivity contribution in [3.05, 3.63) is 0 Å². The van der Waals surface area contributed by atoms with Gasteiger partial charge in [-0.15, -0.1) is 0 Å². The molecule has 10 atom stereocenters. The van der Waals surface area contributed by atoms with Crippen LogP contribution in [0.3, 0.4) is 0 Å². The lowest BCUT2D eigenvalue weighted by molar-refractivity contribution is -0.355. The lowest BCUT2D eigenvalue weighted by atomic mass is 9.98. The largest absolute Gasteiger partial charge is 0.394 e. The molecule has 2 heterocycles. The zero-order valence-corrected chi connectivity index (χ0v) is 12.0. The van der Waals surface area contributed by atoms with Gasteiger partial charge in [0.2, 0.25) is 0 Å². The molecular weight excluding hydrogens is 321 g/mol. The quantitative estimate of drug-likeness (QED) is 0.227. The Labute approximate surface area is 130 Å². The van der Waals surface area contributed by atoms with Crippen LogP contribution in [0.25, 0.3) is 0 Å². The summed E-state index contributed by atoms with van der Waals surface area (Å²) in [5.74, 6) is 0. The van der Waals surface area contributed by atoms with Gasteiger partial charge in [0.1, 0.15) is 48.8 Å². The molecule has 0 unspecified atom stereocenters. The van der Waals surface area contributed by atoms with E-state index in [1.807, 2.05) is 0 Å². The van der Waals surface area contributed by atoms with E-state index in [4.69, 9.17) is 19.3 Å². The van der Waals surface area contributed by atoms with E-state index < -0.39 is 74.6 Å². The summed E-state index contributed by atoms with van der Waals surface area (Å²) in [5, 5.41) is 76.5. The van der Waals surface area contributed by atoms with Gasteiger partial charge in [-0.1, -0.05) is 0 Å². The number of ether oxygens (including phenoxy) is 3. The summed E-state index contributed by atoms with van der Waals surface area (Å²) < 4.78 is 15.3. The Balaban J connectivity index is 2.11. The molecule has 2 rings (SSSR count). The zero-order chi connectivity index (χ0) is 17.3. The Morgan fingerprint density at radius 3 is 1.83 bits per heavy atom. The van der Waals surface area contributed by atoms with E-state index in [2.05, 4.69) is 0 Å². The molecule has 0 bridgehead atoms. The SMILES string of the molecule is OC[C@H]1O[C@H](O)[C@H](O)[C@@H](O)[C@@H]1O[C@@H]1O[C@H]([13CH2]O)[C@H](O)[C@H](O)[C@H]1O. The fourth-order valence-electron chi connectivity index (χ4n) is 2.57. The number of rotatable bonds is 4. The van der Waals surface area contributed by atoms with E-state index in [1.165, 1.54) is 0 Å². The smallest absolute Gasteiger partial charge is 0.187 e. The second-order valence-electron chi connectivity index (χ2n) is 5.53. The molecule has 0 aliphatic carbocycles. The van der Waals surface area contributed by atoms with Crippen molar-refractivity contribution in [1.29, 1.82) is 0 Å². The lowest BCUT2D eigenvalue weighted by Crippen LogP contribution is -2.64. The third-order valence-electron chi connectivity index (χ3n) is 3.98. The van der Waals surface area contributed by atoms with Crippen LogP contribution in [0.1, 0.15) is 0 Å². The number of hydrogen-bond donors (Lipinski definition) is 8. The highest BCUT2D eigenvalue weighted by molar-refractivity contribution is 4.93. The third-order valence-corrected chi connectivity index (χ3v) is 3.98. The molecule has 2 saturated heterocycles. The molecule has 2 aliphatic heterocycles. The molecule has 0 aromatic heterocycles. The van der Waals surface area contributed by atoms with E-state index in [-0.39, 0.29) is 0 Å². The topological polar surface area (TPSA) is 190 Å². The first-order valence-electron chi connectivity index (χ1n) is 7.08. The van der Waals surface area contributed by atoms with Gasteiger partial charge < -0.3 is 55.1 Å². The van der Waals surface area contributed by atoms with Gasteiger partial charge in [-0.3, -0.25) is 0 Å². The van der Waals surface area contributed by atoms with Crippen LogP contribution in [0.15, 0.2) is 0 Å². The summed E-state index contributed by atoms with van der Waals surface area (Å²) in [6.07, 6.45) is -15.6. The zero-order valence-electron chi connectivity index (χ0n) is 12.0. The van der Waals surface area contributed by atoms with E-state index in [0.717, 1.165) is 0 Å². The molecular formula is C12H22O11. The summed E-state index contributed by atoms with van der Waals surface area (Å²) in [4.78, 5) is 0. The van der Waals surface area contributed by atoms with E-state index in [0.29, 0.717) is 0 Å². The summed E-state index contributed by atoms with van der Waals surface area (Å²) in [6, 6.07) is 0. The van der Waals surface area contributed by atoms with Gasteiger partial charge in [-0.05, 0) is 0 Å². The van der Waals surface area contributed by atoms with Gasteiger partial charge in [-0.2, -0.15) is 0 Å². The van der Waals surface area contributed by atoms with Crippen LogP contribution in [-0.4, -0.2) is 115 Å². The van der Waals surface area contributed by atoms with Crippen molar-refractivity contribution in [2.45, 2.75) is 61.4 Å². The van der Waals surface area contributed by atoms with Crippen LogP contribution in [0, 0.1) is 0 Å². The average molecular weight is 343 g/mol. The first-order valence-corrected chi connectivity index (χ1v) is 7.08. The summed E-state index contributed by atoms with van der Waals surface area (Å²) in [5.41, 5.74) is 0. The number of aliphatic hydroxyl groups is 8. The van der Waals surface area contributed by atoms with Crippen LogP contribution >= 0.6 is 0 Å². The highest BCUT2D eigenvalue weighted by Crippen LogP contribution is 2.28. The third kappa shape index (κ3) is 3.65. The second-order valence-corrected chi connectivity index (χ2v) is 5.53. The van der Waals surface area contributed by atoms with Gasteiger partial charge in [0, 0.05) is 0 Å². The van der Waals surface area contributed by atoms with Gasteiger partial charge in [0.25, 0.3) is 0 Å². The minimum absolute atomic E-state index is 0.667. The van der Waals surface area contributed by atoms with Crippen molar-refractivity contribution in [1.82, 2.24) is 0 Å². The molecule has 136 valence electrons. The van der Waals surface area contributed by atoms with Crippen LogP contribution in [-0.2, 0) is 14.2 Å². The molecule has 8 N–H and O–H groups in total. The summed E-state index contributed by atoms with van der Waals surface area (Å²) in [6.45, 7) is -1.35. The first kappa shape index (κ1) is 18.9. The summed E-state index contributed by atoms with van der Waals surface area (Å²) in [7, 11) is 0. The van der Waals surface area contributed by atoms with Gasteiger partial charge >= 0.3 is 0 Å². The highest BCUT2D eigenvalue weighted by atomic mass is 16.7. The van der Waals surface area contributed by atoms with E-state index in [9.17, 15) is 35.7 Å². The maximum absolute atomic E-state index is 9.94. The van der Waals surface area contributed by atoms with Crippen LogP contribution in [0.5, 0.6) is 0 Å². The molecule has 0 saturated carbocycles. The van der Waals surface area contributed by atoms with Crippen LogP contribution in [0.4, 0.5) is 0 Å². The fraction of sp³-hybridized carbons (Fsp3) is 1.00. The maximum atomic E-state index is 9.94. The van der Waals surface area contributed by atoms with Crippen molar-refractivity contribution in [3.8, 4) is 0 Å². The average Bonchev–Trinajstić information content (AvgIpc) is 2.55. The Hall–Kier alpha value is -0.440. The Kier molecular flexibility index (Phi) is 6.27.